The minimum Gasteiger partial charge on any atom is -0.380 e. The Balaban J connectivity index is 2.20. The highest BCUT2D eigenvalue weighted by molar-refractivity contribution is 5.96. The first kappa shape index (κ1) is 13.1. The molecule has 0 aliphatic carbocycles. The summed E-state index contributed by atoms with van der Waals surface area (Å²) >= 11 is 0. The van der Waals surface area contributed by atoms with E-state index in [0.29, 0.717) is 12.5 Å². The number of carbonyl (C=O) groups is 1. The van der Waals surface area contributed by atoms with Crippen molar-refractivity contribution in [2.24, 2.45) is 5.92 Å². The van der Waals surface area contributed by atoms with Gasteiger partial charge in [-0.1, -0.05) is 32.0 Å². The number of nitrogen functional groups attached to an aromatic ring is 1. The van der Waals surface area contributed by atoms with Crippen molar-refractivity contribution in [1.82, 2.24) is 20.3 Å². The SMILES string of the molecule is CC(C)CNC(=O)c1nn(-c2ccccc2)nc1N. The zero-order chi connectivity index (χ0) is 13.8. The lowest BCUT2D eigenvalue weighted by atomic mass is 10.2. The van der Waals surface area contributed by atoms with Gasteiger partial charge in [-0.05, 0) is 18.1 Å². The molecule has 0 spiro atoms. The van der Waals surface area contributed by atoms with E-state index in [4.69, 9.17) is 5.73 Å². The smallest absolute Gasteiger partial charge is 0.275 e. The maximum Gasteiger partial charge on any atom is 0.275 e. The number of hydrogen-bond acceptors (Lipinski definition) is 4. The van der Waals surface area contributed by atoms with E-state index in [9.17, 15) is 4.79 Å². The highest BCUT2D eigenvalue weighted by Crippen LogP contribution is 2.10. The number of nitrogens with zero attached hydrogens (tertiary/aromatic N) is 3. The molecule has 1 heterocycles. The Hall–Kier alpha value is -2.37. The Morgan fingerprint density at radius 1 is 1.32 bits per heavy atom. The molecule has 1 aromatic heterocycles. The van der Waals surface area contributed by atoms with Gasteiger partial charge in [0.25, 0.3) is 5.91 Å². The fourth-order valence-electron chi connectivity index (χ4n) is 1.54. The van der Waals surface area contributed by atoms with Gasteiger partial charge >= 0.3 is 0 Å². The van der Waals surface area contributed by atoms with Crippen molar-refractivity contribution in [2.75, 3.05) is 12.3 Å². The van der Waals surface area contributed by atoms with Crippen LogP contribution < -0.4 is 11.1 Å². The third-order valence-electron chi connectivity index (χ3n) is 2.51. The summed E-state index contributed by atoms with van der Waals surface area (Å²) in [6, 6.07) is 9.32. The van der Waals surface area contributed by atoms with E-state index in [1.54, 1.807) is 0 Å². The minimum atomic E-state index is -0.298. The molecule has 0 bridgehead atoms. The molecule has 0 saturated carbocycles. The molecule has 1 amide bonds. The number of benzene rings is 1. The summed E-state index contributed by atoms with van der Waals surface area (Å²) in [4.78, 5) is 13.3. The summed E-state index contributed by atoms with van der Waals surface area (Å²) in [5.41, 5.74) is 6.65. The van der Waals surface area contributed by atoms with Crippen molar-refractivity contribution in [1.29, 1.82) is 0 Å². The number of nitrogens with one attached hydrogen (secondary N) is 1. The van der Waals surface area contributed by atoms with E-state index in [1.807, 2.05) is 44.2 Å². The van der Waals surface area contributed by atoms with Gasteiger partial charge in [0.2, 0.25) is 0 Å². The van der Waals surface area contributed by atoms with Crippen molar-refractivity contribution in [3.05, 3.63) is 36.0 Å². The van der Waals surface area contributed by atoms with Crippen LogP contribution in [0.1, 0.15) is 24.3 Å². The van der Waals surface area contributed by atoms with Gasteiger partial charge in [0.1, 0.15) is 0 Å². The molecule has 19 heavy (non-hydrogen) atoms. The van der Waals surface area contributed by atoms with Crippen LogP contribution in [0.25, 0.3) is 5.69 Å². The molecule has 100 valence electrons. The van der Waals surface area contributed by atoms with Crippen molar-refractivity contribution >= 4 is 11.7 Å². The third kappa shape index (κ3) is 3.09. The molecule has 0 saturated heterocycles. The number of nitrogens with two attached hydrogens (primary N) is 1. The second-order valence-corrected chi connectivity index (χ2v) is 4.66. The van der Waals surface area contributed by atoms with Gasteiger partial charge in [0.15, 0.2) is 11.5 Å². The molecule has 2 rings (SSSR count). The lowest BCUT2D eigenvalue weighted by Gasteiger charge is -2.05. The van der Waals surface area contributed by atoms with Gasteiger partial charge in [-0.3, -0.25) is 4.79 Å². The van der Waals surface area contributed by atoms with Crippen LogP contribution in [0.2, 0.25) is 0 Å². The van der Waals surface area contributed by atoms with Crippen LogP contribution in [-0.2, 0) is 0 Å². The van der Waals surface area contributed by atoms with Gasteiger partial charge in [0.05, 0.1) is 5.69 Å². The molecule has 0 atom stereocenters. The van der Waals surface area contributed by atoms with Gasteiger partial charge in [0, 0.05) is 6.54 Å². The van der Waals surface area contributed by atoms with Crippen molar-refractivity contribution in [3.8, 4) is 5.69 Å². The first-order valence-corrected chi connectivity index (χ1v) is 6.14. The molecule has 0 fully saturated rings. The Kier molecular flexibility index (Phi) is 3.79. The molecule has 0 aliphatic heterocycles. The van der Waals surface area contributed by atoms with Crippen molar-refractivity contribution < 1.29 is 4.79 Å². The summed E-state index contributed by atoms with van der Waals surface area (Å²) in [6.07, 6.45) is 0. The topological polar surface area (TPSA) is 85.8 Å². The molecular weight excluding hydrogens is 242 g/mol. The zero-order valence-electron chi connectivity index (χ0n) is 11.0. The summed E-state index contributed by atoms with van der Waals surface area (Å²) in [5, 5.41) is 10.9. The average Bonchev–Trinajstić information content (AvgIpc) is 2.79. The molecule has 0 aliphatic rings. The van der Waals surface area contributed by atoms with E-state index in [2.05, 4.69) is 15.5 Å². The number of rotatable bonds is 4. The fourth-order valence-corrected chi connectivity index (χ4v) is 1.54. The summed E-state index contributed by atoms with van der Waals surface area (Å²) in [5.74, 6) is 0.202. The molecule has 0 unspecified atom stereocenters. The standard InChI is InChI=1S/C13H17N5O/c1-9(2)8-15-13(19)11-12(14)17-18(16-11)10-6-4-3-5-7-10/h3-7,9H,8H2,1-2H3,(H2,14,17)(H,15,19). The Morgan fingerprint density at radius 2 is 2.00 bits per heavy atom. The van der Waals surface area contributed by atoms with Crippen LogP contribution >= 0.6 is 0 Å². The van der Waals surface area contributed by atoms with Crippen LogP contribution in [0.15, 0.2) is 30.3 Å². The first-order chi connectivity index (χ1) is 9.08. The second kappa shape index (κ2) is 5.51. The van der Waals surface area contributed by atoms with E-state index < -0.39 is 0 Å². The zero-order valence-corrected chi connectivity index (χ0v) is 11.0. The predicted octanol–water partition coefficient (Wildman–Crippen LogP) is 1.24. The Bertz CT molecular complexity index is 562. The number of amides is 1. The Labute approximate surface area is 111 Å². The van der Waals surface area contributed by atoms with Gasteiger partial charge in [-0.2, -0.15) is 0 Å². The molecule has 2 aromatic rings. The van der Waals surface area contributed by atoms with Crippen molar-refractivity contribution in [3.63, 3.8) is 0 Å². The maximum atomic E-state index is 11.9. The molecule has 6 nitrogen and oxygen atoms in total. The van der Waals surface area contributed by atoms with Gasteiger partial charge in [-0.25, -0.2) is 0 Å². The number of carbonyl (C=O) groups excluding carboxylic acids is 1. The highest BCUT2D eigenvalue weighted by atomic mass is 16.2. The number of hydrogen-bond donors (Lipinski definition) is 2. The number of anilines is 1. The van der Waals surface area contributed by atoms with E-state index in [1.165, 1.54) is 4.80 Å². The van der Waals surface area contributed by atoms with Crippen LogP contribution in [0.5, 0.6) is 0 Å². The minimum absolute atomic E-state index is 0.130. The lowest BCUT2D eigenvalue weighted by Crippen LogP contribution is -2.28. The number of aromatic nitrogens is 3. The summed E-state index contributed by atoms with van der Waals surface area (Å²) in [7, 11) is 0. The van der Waals surface area contributed by atoms with Crippen LogP contribution in [0, 0.1) is 5.92 Å². The largest absolute Gasteiger partial charge is 0.380 e. The monoisotopic (exact) mass is 259 g/mol. The summed E-state index contributed by atoms with van der Waals surface area (Å²) in [6.45, 7) is 4.62. The average molecular weight is 259 g/mol. The molecule has 3 N–H and O–H groups in total. The quantitative estimate of drug-likeness (QED) is 0.864. The first-order valence-electron chi connectivity index (χ1n) is 6.14. The third-order valence-corrected chi connectivity index (χ3v) is 2.51. The summed E-state index contributed by atoms with van der Waals surface area (Å²) < 4.78 is 0. The fraction of sp³-hybridized carbons (Fsp3) is 0.308. The van der Waals surface area contributed by atoms with Crippen LogP contribution in [0.4, 0.5) is 5.82 Å². The predicted molar refractivity (Wildman–Crippen MR) is 72.9 cm³/mol. The van der Waals surface area contributed by atoms with E-state index in [0.717, 1.165) is 5.69 Å². The van der Waals surface area contributed by atoms with Gasteiger partial charge < -0.3 is 11.1 Å². The second-order valence-electron chi connectivity index (χ2n) is 4.66. The van der Waals surface area contributed by atoms with Gasteiger partial charge in [-0.15, -0.1) is 15.0 Å². The Morgan fingerprint density at radius 3 is 2.63 bits per heavy atom. The van der Waals surface area contributed by atoms with Crippen LogP contribution in [-0.4, -0.2) is 27.4 Å². The van der Waals surface area contributed by atoms with Crippen molar-refractivity contribution in [2.45, 2.75) is 13.8 Å². The lowest BCUT2D eigenvalue weighted by molar-refractivity contribution is 0.0944. The molecule has 6 heteroatoms. The van der Waals surface area contributed by atoms with E-state index in [-0.39, 0.29) is 17.4 Å². The highest BCUT2D eigenvalue weighted by Gasteiger charge is 2.16. The van der Waals surface area contributed by atoms with Crippen LogP contribution in [0.3, 0.4) is 0 Å². The maximum absolute atomic E-state index is 11.9. The van der Waals surface area contributed by atoms with E-state index >= 15 is 0 Å². The molecule has 0 radical (unpaired) electrons. The molecule has 1 aromatic carbocycles. The molecular formula is C13H17N5O. The normalized spacial score (nSPS) is 10.7. The number of para-hydroxylation sites is 1.